The van der Waals surface area contributed by atoms with Crippen molar-refractivity contribution in [3.05, 3.63) is 70.4 Å². The van der Waals surface area contributed by atoms with Gasteiger partial charge in [-0.1, -0.05) is 18.2 Å². The Morgan fingerprint density at radius 1 is 1.12 bits per heavy atom. The van der Waals surface area contributed by atoms with Gasteiger partial charge in [-0.05, 0) is 31.2 Å². The molecule has 0 aliphatic heterocycles. The molecule has 1 heterocycles. The van der Waals surface area contributed by atoms with Crippen molar-refractivity contribution in [1.29, 1.82) is 0 Å². The minimum Gasteiger partial charge on any atom is -0.461 e. The molecule has 3 aromatic rings. The number of carbonyl (C=O) groups is 1. The Labute approximate surface area is 143 Å². The smallest absolute Gasteiger partial charge is 0.361 e. The van der Waals surface area contributed by atoms with Crippen molar-refractivity contribution in [2.75, 3.05) is 6.61 Å². The van der Waals surface area contributed by atoms with Gasteiger partial charge in [0.25, 0.3) is 5.69 Å². The number of benzene rings is 2. The quantitative estimate of drug-likeness (QED) is 0.395. The lowest BCUT2D eigenvalue weighted by molar-refractivity contribution is -0.384. The highest BCUT2D eigenvalue weighted by Crippen LogP contribution is 2.31. The number of hydrogen-bond donors (Lipinski definition) is 0. The highest BCUT2D eigenvalue weighted by atomic mass is 16.6. The van der Waals surface area contributed by atoms with Crippen LogP contribution < -0.4 is 0 Å². The molecule has 0 amide bonds. The van der Waals surface area contributed by atoms with E-state index in [9.17, 15) is 14.9 Å². The third kappa shape index (κ3) is 3.40. The van der Waals surface area contributed by atoms with Crippen LogP contribution in [0.15, 0.2) is 59.0 Å². The van der Waals surface area contributed by atoms with E-state index in [1.807, 2.05) is 18.2 Å². The Bertz CT molecular complexity index is 901. The lowest BCUT2D eigenvalue weighted by Gasteiger charge is -2.01. The Kier molecular flexibility index (Phi) is 4.56. The lowest BCUT2D eigenvalue weighted by Crippen LogP contribution is -2.06. The number of nitro benzene ring substituents is 1. The summed E-state index contributed by atoms with van der Waals surface area (Å²) in [5.41, 5.74) is 1.20. The topological polar surface area (TPSA) is 95.5 Å². The first-order valence-electron chi connectivity index (χ1n) is 7.58. The summed E-state index contributed by atoms with van der Waals surface area (Å²) in [7, 11) is 0. The summed E-state index contributed by atoms with van der Waals surface area (Å²) in [6.45, 7) is 1.90. The van der Waals surface area contributed by atoms with Gasteiger partial charge < -0.3 is 9.15 Å². The van der Waals surface area contributed by atoms with Crippen LogP contribution in [0.2, 0.25) is 0 Å². The van der Waals surface area contributed by atoms with Crippen LogP contribution in [0.1, 0.15) is 17.4 Å². The predicted octanol–water partition coefficient (Wildman–Crippen LogP) is 4.09. The molecule has 0 bridgehead atoms. The van der Waals surface area contributed by atoms with Gasteiger partial charge in [-0.25, -0.2) is 9.78 Å². The number of ether oxygens (including phenoxy) is 1. The molecule has 0 atom stereocenters. The van der Waals surface area contributed by atoms with Crippen LogP contribution in [-0.2, 0) is 4.74 Å². The van der Waals surface area contributed by atoms with E-state index in [0.29, 0.717) is 11.1 Å². The molecule has 0 spiro atoms. The van der Waals surface area contributed by atoms with Crippen molar-refractivity contribution in [3.8, 4) is 22.8 Å². The van der Waals surface area contributed by atoms with Crippen molar-refractivity contribution in [2.45, 2.75) is 6.92 Å². The minimum absolute atomic E-state index is 0.0366. The van der Waals surface area contributed by atoms with Gasteiger partial charge in [0, 0.05) is 23.3 Å². The van der Waals surface area contributed by atoms with Crippen LogP contribution in [-0.4, -0.2) is 22.5 Å². The number of esters is 1. The molecule has 0 unspecified atom stereocenters. The Morgan fingerprint density at radius 2 is 1.80 bits per heavy atom. The number of rotatable bonds is 5. The maximum atomic E-state index is 12.2. The van der Waals surface area contributed by atoms with Gasteiger partial charge in [-0.15, -0.1) is 0 Å². The van der Waals surface area contributed by atoms with E-state index >= 15 is 0 Å². The number of carbonyl (C=O) groups excluding carboxylic acids is 1. The van der Waals surface area contributed by atoms with Gasteiger partial charge in [0.05, 0.1) is 11.5 Å². The summed E-state index contributed by atoms with van der Waals surface area (Å²) < 4.78 is 10.8. The van der Waals surface area contributed by atoms with Gasteiger partial charge in [-0.2, -0.15) is 0 Å². The van der Waals surface area contributed by atoms with Gasteiger partial charge in [0.15, 0.2) is 11.5 Å². The van der Waals surface area contributed by atoms with E-state index in [2.05, 4.69) is 4.98 Å². The SMILES string of the molecule is CCOC(=O)c1nc(-c2ccccc2)oc1-c1ccc([N+](=O)[O-])cc1. The molecule has 3 rings (SSSR count). The van der Waals surface area contributed by atoms with E-state index in [4.69, 9.17) is 9.15 Å². The van der Waals surface area contributed by atoms with Crippen molar-refractivity contribution < 1.29 is 18.9 Å². The summed E-state index contributed by atoms with van der Waals surface area (Å²) in [5, 5.41) is 10.8. The predicted molar refractivity (Wildman–Crippen MR) is 90.0 cm³/mol. The van der Waals surface area contributed by atoms with Crippen molar-refractivity contribution in [1.82, 2.24) is 4.98 Å². The van der Waals surface area contributed by atoms with E-state index in [-0.39, 0.29) is 29.6 Å². The van der Waals surface area contributed by atoms with Gasteiger partial charge in [0.2, 0.25) is 5.89 Å². The van der Waals surface area contributed by atoms with Crippen LogP contribution in [0, 0.1) is 10.1 Å². The Hall–Kier alpha value is -3.48. The fourth-order valence-corrected chi connectivity index (χ4v) is 2.29. The van der Waals surface area contributed by atoms with Crippen LogP contribution >= 0.6 is 0 Å². The summed E-state index contributed by atoms with van der Waals surface area (Å²) >= 11 is 0. The van der Waals surface area contributed by atoms with Crippen molar-refractivity contribution in [2.24, 2.45) is 0 Å². The Balaban J connectivity index is 2.08. The zero-order valence-electron chi connectivity index (χ0n) is 13.3. The first kappa shape index (κ1) is 16.4. The van der Waals surface area contributed by atoms with Crippen LogP contribution in [0.25, 0.3) is 22.8 Å². The Morgan fingerprint density at radius 3 is 2.40 bits per heavy atom. The molecular weight excluding hydrogens is 324 g/mol. The molecule has 0 aliphatic rings. The largest absolute Gasteiger partial charge is 0.461 e. The zero-order chi connectivity index (χ0) is 17.8. The molecule has 0 N–H and O–H groups in total. The molecule has 0 saturated heterocycles. The van der Waals surface area contributed by atoms with Crippen LogP contribution in [0.3, 0.4) is 0 Å². The van der Waals surface area contributed by atoms with Crippen LogP contribution in [0.5, 0.6) is 0 Å². The highest BCUT2D eigenvalue weighted by molar-refractivity contribution is 5.94. The number of nitrogens with zero attached hydrogens (tertiary/aromatic N) is 2. The number of hydrogen-bond acceptors (Lipinski definition) is 6. The third-order valence-corrected chi connectivity index (χ3v) is 3.46. The monoisotopic (exact) mass is 338 g/mol. The van der Waals surface area contributed by atoms with Crippen molar-refractivity contribution >= 4 is 11.7 Å². The second-order valence-electron chi connectivity index (χ2n) is 5.09. The van der Waals surface area contributed by atoms with E-state index < -0.39 is 10.9 Å². The first-order chi connectivity index (χ1) is 12.1. The van der Waals surface area contributed by atoms with E-state index in [0.717, 1.165) is 0 Å². The van der Waals surface area contributed by atoms with Gasteiger partial charge in [0.1, 0.15) is 0 Å². The summed E-state index contributed by atoms with van der Waals surface area (Å²) in [6, 6.07) is 14.8. The standard InChI is InChI=1S/C18H14N2O5/c1-2-24-18(21)15-16(12-8-10-14(11-9-12)20(22)23)25-17(19-15)13-6-4-3-5-7-13/h3-11H,2H2,1H3. The highest BCUT2D eigenvalue weighted by Gasteiger charge is 2.23. The average molecular weight is 338 g/mol. The fraction of sp³-hybridized carbons (Fsp3) is 0.111. The molecule has 2 aromatic carbocycles. The summed E-state index contributed by atoms with van der Waals surface area (Å²) in [5.74, 6) is -0.119. The van der Waals surface area contributed by atoms with Gasteiger partial charge in [-0.3, -0.25) is 10.1 Å². The third-order valence-electron chi connectivity index (χ3n) is 3.46. The average Bonchev–Trinajstić information content (AvgIpc) is 3.08. The number of non-ortho nitro benzene ring substituents is 1. The molecule has 7 heteroatoms. The number of aromatic nitrogens is 1. The van der Waals surface area contributed by atoms with Crippen molar-refractivity contribution in [3.63, 3.8) is 0 Å². The second-order valence-corrected chi connectivity index (χ2v) is 5.09. The molecule has 0 fully saturated rings. The minimum atomic E-state index is -0.609. The first-order valence-corrected chi connectivity index (χ1v) is 7.58. The second kappa shape index (κ2) is 6.96. The number of oxazole rings is 1. The molecule has 7 nitrogen and oxygen atoms in total. The van der Waals surface area contributed by atoms with Gasteiger partial charge >= 0.3 is 5.97 Å². The van der Waals surface area contributed by atoms with Crippen LogP contribution in [0.4, 0.5) is 5.69 Å². The molecule has 0 saturated carbocycles. The lowest BCUT2D eigenvalue weighted by atomic mass is 10.1. The maximum Gasteiger partial charge on any atom is 0.361 e. The zero-order valence-corrected chi connectivity index (χ0v) is 13.3. The molecule has 25 heavy (non-hydrogen) atoms. The molecule has 0 aliphatic carbocycles. The summed E-state index contributed by atoms with van der Waals surface area (Å²) in [4.78, 5) is 26.8. The molecule has 1 aromatic heterocycles. The fourth-order valence-electron chi connectivity index (χ4n) is 2.29. The normalized spacial score (nSPS) is 10.4. The molecule has 126 valence electrons. The molecule has 0 radical (unpaired) electrons. The summed E-state index contributed by atoms with van der Waals surface area (Å²) in [6.07, 6.45) is 0. The maximum absolute atomic E-state index is 12.2. The molecular formula is C18H14N2O5. The van der Waals surface area contributed by atoms with E-state index in [1.54, 1.807) is 19.1 Å². The van der Waals surface area contributed by atoms with E-state index in [1.165, 1.54) is 24.3 Å². The number of nitro groups is 1.